The van der Waals surface area contributed by atoms with Gasteiger partial charge in [-0.3, -0.25) is 0 Å². The van der Waals surface area contributed by atoms with E-state index < -0.39 is 6.10 Å². The number of aliphatic hydroxyl groups excluding tert-OH is 1. The standard InChI is InChI=1S/C8H12NOP/c9-8(11)7(10)6-4-2-1-3-5-6/h1-5,7-8,10H,9,11H2. The minimum Gasteiger partial charge on any atom is -0.386 e. The maximum absolute atomic E-state index is 9.45. The maximum atomic E-state index is 9.45. The van der Waals surface area contributed by atoms with Crippen molar-refractivity contribution >= 4 is 9.24 Å². The summed E-state index contributed by atoms with van der Waals surface area (Å²) in [5.74, 6) is -0.294. The van der Waals surface area contributed by atoms with Gasteiger partial charge in [-0.25, -0.2) is 0 Å². The molecule has 0 spiro atoms. The van der Waals surface area contributed by atoms with Crippen molar-refractivity contribution in [1.82, 2.24) is 0 Å². The fourth-order valence-corrected chi connectivity index (χ4v) is 1.09. The molecule has 2 nitrogen and oxygen atoms in total. The lowest BCUT2D eigenvalue weighted by Crippen LogP contribution is -2.20. The quantitative estimate of drug-likeness (QED) is 0.645. The zero-order chi connectivity index (χ0) is 8.27. The summed E-state index contributed by atoms with van der Waals surface area (Å²) in [7, 11) is 2.37. The smallest absolute Gasteiger partial charge is 0.0975 e. The van der Waals surface area contributed by atoms with Gasteiger partial charge in [0, 0.05) is 5.78 Å². The molecule has 1 rings (SSSR count). The van der Waals surface area contributed by atoms with Crippen molar-refractivity contribution in [2.24, 2.45) is 5.73 Å². The first-order valence-corrected chi connectivity index (χ1v) is 4.12. The van der Waals surface area contributed by atoms with Gasteiger partial charge >= 0.3 is 0 Å². The van der Waals surface area contributed by atoms with Crippen molar-refractivity contribution in [3.63, 3.8) is 0 Å². The summed E-state index contributed by atoms with van der Waals surface area (Å²) in [5.41, 5.74) is 6.34. The fraction of sp³-hybridized carbons (Fsp3) is 0.250. The van der Waals surface area contributed by atoms with Crippen LogP contribution in [0.25, 0.3) is 0 Å². The Balaban J connectivity index is 2.77. The van der Waals surface area contributed by atoms with Gasteiger partial charge in [0.1, 0.15) is 0 Å². The molecular formula is C8H12NOP. The molecule has 0 fully saturated rings. The molecule has 60 valence electrons. The molecule has 3 heteroatoms. The topological polar surface area (TPSA) is 46.2 Å². The molecule has 0 saturated heterocycles. The van der Waals surface area contributed by atoms with Crippen molar-refractivity contribution in [3.05, 3.63) is 35.9 Å². The summed E-state index contributed by atoms with van der Waals surface area (Å²) in [6, 6.07) is 9.38. The van der Waals surface area contributed by atoms with Crippen molar-refractivity contribution < 1.29 is 5.11 Å². The van der Waals surface area contributed by atoms with E-state index in [1.54, 1.807) is 0 Å². The second-order valence-electron chi connectivity index (χ2n) is 2.43. The van der Waals surface area contributed by atoms with Crippen molar-refractivity contribution in [2.45, 2.75) is 11.9 Å². The second-order valence-corrected chi connectivity index (χ2v) is 3.20. The lowest BCUT2D eigenvalue weighted by Gasteiger charge is -2.13. The van der Waals surface area contributed by atoms with Crippen LogP contribution >= 0.6 is 9.24 Å². The van der Waals surface area contributed by atoms with E-state index in [0.717, 1.165) is 5.56 Å². The van der Waals surface area contributed by atoms with E-state index >= 15 is 0 Å². The Labute approximate surface area is 68.6 Å². The molecule has 3 atom stereocenters. The number of nitrogens with two attached hydrogens (primary N) is 1. The minimum absolute atomic E-state index is 0.294. The fourth-order valence-electron chi connectivity index (χ4n) is 0.872. The average Bonchev–Trinajstić information content (AvgIpc) is 2.05. The molecule has 0 amide bonds. The monoisotopic (exact) mass is 169 g/mol. The molecule has 0 aromatic heterocycles. The summed E-state index contributed by atoms with van der Waals surface area (Å²) < 4.78 is 0. The molecule has 0 aliphatic carbocycles. The zero-order valence-electron chi connectivity index (χ0n) is 6.14. The summed E-state index contributed by atoms with van der Waals surface area (Å²) >= 11 is 0. The van der Waals surface area contributed by atoms with Crippen LogP contribution in [0.2, 0.25) is 0 Å². The largest absolute Gasteiger partial charge is 0.386 e. The number of hydrogen-bond donors (Lipinski definition) is 2. The second kappa shape index (κ2) is 3.82. The molecule has 0 bridgehead atoms. The normalized spacial score (nSPS) is 15.9. The van der Waals surface area contributed by atoms with Crippen LogP contribution < -0.4 is 5.73 Å². The molecule has 0 aliphatic heterocycles. The Bertz CT molecular complexity index is 213. The van der Waals surface area contributed by atoms with Crippen molar-refractivity contribution in [3.8, 4) is 0 Å². The predicted molar refractivity (Wildman–Crippen MR) is 49.1 cm³/mol. The summed E-state index contributed by atoms with van der Waals surface area (Å²) in [6.45, 7) is 0. The van der Waals surface area contributed by atoms with Gasteiger partial charge in [-0.2, -0.15) is 0 Å². The predicted octanol–water partition coefficient (Wildman–Crippen LogP) is 0.880. The Morgan fingerprint density at radius 3 is 2.27 bits per heavy atom. The highest BCUT2D eigenvalue weighted by Crippen LogP contribution is 2.17. The number of rotatable bonds is 2. The van der Waals surface area contributed by atoms with Gasteiger partial charge < -0.3 is 10.8 Å². The van der Waals surface area contributed by atoms with E-state index in [4.69, 9.17) is 5.73 Å². The molecule has 1 aromatic carbocycles. The third-order valence-corrected chi connectivity index (χ3v) is 1.87. The molecule has 1 aromatic rings. The summed E-state index contributed by atoms with van der Waals surface area (Å²) in [5, 5.41) is 9.45. The first-order chi connectivity index (χ1) is 5.22. The highest BCUT2D eigenvalue weighted by molar-refractivity contribution is 7.17. The molecule has 0 radical (unpaired) electrons. The highest BCUT2D eigenvalue weighted by Gasteiger charge is 2.10. The van der Waals surface area contributed by atoms with Crippen molar-refractivity contribution in [2.75, 3.05) is 0 Å². The third kappa shape index (κ3) is 2.26. The van der Waals surface area contributed by atoms with Gasteiger partial charge in [0.05, 0.1) is 6.10 Å². The first-order valence-electron chi connectivity index (χ1n) is 3.46. The molecule has 3 N–H and O–H groups in total. The van der Waals surface area contributed by atoms with E-state index in [0.29, 0.717) is 0 Å². The van der Waals surface area contributed by atoms with Crippen LogP contribution in [0.5, 0.6) is 0 Å². The van der Waals surface area contributed by atoms with Crippen LogP contribution in [0.1, 0.15) is 11.7 Å². The third-order valence-electron chi connectivity index (χ3n) is 1.51. The van der Waals surface area contributed by atoms with Crippen molar-refractivity contribution in [1.29, 1.82) is 0 Å². The van der Waals surface area contributed by atoms with Crippen LogP contribution in [-0.2, 0) is 0 Å². The Morgan fingerprint density at radius 2 is 1.82 bits per heavy atom. The van der Waals surface area contributed by atoms with Gasteiger partial charge in [-0.05, 0) is 5.56 Å². The van der Waals surface area contributed by atoms with Crippen LogP contribution in [0, 0.1) is 0 Å². The lowest BCUT2D eigenvalue weighted by molar-refractivity contribution is 0.176. The van der Waals surface area contributed by atoms with Gasteiger partial charge in [0.2, 0.25) is 0 Å². The number of hydrogen-bond acceptors (Lipinski definition) is 2. The average molecular weight is 169 g/mol. The van der Waals surface area contributed by atoms with Gasteiger partial charge in [0.25, 0.3) is 0 Å². The van der Waals surface area contributed by atoms with Crippen LogP contribution in [0.3, 0.4) is 0 Å². The van der Waals surface area contributed by atoms with Crippen LogP contribution in [0.15, 0.2) is 30.3 Å². The Kier molecular flexibility index (Phi) is 3.01. The summed E-state index contributed by atoms with van der Waals surface area (Å²) in [4.78, 5) is 0. The molecule has 0 saturated carbocycles. The van der Waals surface area contributed by atoms with Crippen LogP contribution in [-0.4, -0.2) is 10.9 Å². The van der Waals surface area contributed by atoms with E-state index in [2.05, 4.69) is 9.24 Å². The molecular weight excluding hydrogens is 157 g/mol. The SMILES string of the molecule is NC(P)C(O)c1ccccc1. The van der Waals surface area contributed by atoms with E-state index in [1.807, 2.05) is 30.3 Å². The number of aliphatic hydroxyl groups is 1. The Morgan fingerprint density at radius 1 is 1.27 bits per heavy atom. The van der Waals surface area contributed by atoms with E-state index in [9.17, 15) is 5.11 Å². The Hall–Kier alpha value is -0.430. The maximum Gasteiger partial charge on any atom is 0.0975 e. The molecule has 0 heterocycles. The molecule has 11 heavy (non-hydrogen) atoms. The lowest BCUT2D eigenvalue weighted by atomic mass is 10.1. The van der Waals surface area contributed by atoms with E-state index in [1.165, 1.54) is 0 Å². The molecule has 3 unspecified atom stereocenters. The zero-order valence-corrected chi connectivity index (χ0v) is 7.30. The van der Waals surface area contributed by atoms with Gasteiger partial charge in [-0.1, -0.05) is 30.3 Å². The van der Waals surface area contributed by atoms with E-state index in [-0.39, 0.29) is 5.78 Å². The molecule has 0 aliphatic rings. The first kappa shape index (κ1) is 8.66. The van der Waals surface area contributed by atoms with Crippen LogP contribution in [0.4, 0.5) is 0 Å². The minimum atomic E-state index is -0.582. The van der Waals surface area contributed by atoms with Gasteiger partial charge in [0.15, 0.2) is 0 Å². The summed E-state index contributed by atoms with van der Waals surface area (Å²) in [6.07, 6.45) is -0.582. The highest BCUT2D eigenvalue weighted by atomic mass is 31.0. The number of benzene rings is 1. The van der Waals surface area contributed by atoms with Gasteiger partial charge in [-0.15, -0.1) is 9.24 Å².